The molecule has 4 aromatic rings. The minimum Gasteiger partial charge on any atom is -0.400 e. The number of aryl methyl sites for hydroxylation is 1. The summed E-state index contributed by atoms with van der Waals surface area (Å²) in [5, 5.41) is 15.7. The van der Waals surface area contributed by atoms with Crippen molar-refractivity contribution >= 4 is 11.6 Å². The predicted octanol–water partition coefficient (Wildman–Crippen LogP) is 4.53. The van der Waals surface area contributed by atoms with E-state index in [-0.39, 0.29) is 23.9 Å². The number of rotatable bonds is 7. The Labute approximate surface area is 222 Å². The number of halogens is 7. The summed E-state index contributed by atoms with van der Waals surface area (Å²) < 4.78 is 81.9. The van der Waals surface area contributed by atoms with E-state index in [1.807, 2.05) is 0 Å². The molecule has 3 heterocycles. The summed E-state index contributed by atoms with van der Waals surface area (Å²) in [6, 6.07) is 7.99. The Morgan fingerprint density at radius 2 is 1.67 bits per heavy atom. The van der Waals surface area contributed by atoms with Gasteiger partial charge in [0, 0.05) is 36.9 Å². The van der Waals surface area contributed by atoms with Crippen LogP contribution >= 0.6 is 11.6 Å². The molecule has 210 valence electrons. The summed E-state index contributed by atoms with van der Waals surface area (Å²) in [4.78, 5) is 21.0. The van der Waals surface area contributed by atoms with Gasteiger partial charge < -0.3 is 5.11 Å². The highest BCUT2D eigenvalue weighted by molar-refractivity contribution is 6.30. The Hall–Kier alpha value is -3.72. The Morgan fingerprint density at radius 1 is 1.00 bits per heavy atom. The van der Waals surface area contributed by atoms with Crippen LogP contribution in [-0.2, 0) is 25.7 Å². The third-order valence-electron chi connectivity index (χ3n) is 5.26. The number of benzene rings is 1. The van der Waals surface area contributed by atoms with E-state index in [1.54, 1.807) is 6.92 Å². The van der Waals surface area contributed by atoms with Crippen LogP contribution in [0, 0.1) is 0 Å². The molecule has 1 N–H and O–H groups in total. The van der Waals surface area contributed by atoms with Crippen LogP contribution in [-0.4, -0.2) is 52.5 Å². The molecule has 0 bridgehead atoms. The maximum atomic E-state index is 13.5. The first kappa shape index (κ1) is 29.8. The third-order valence-corrected chi connectivity index (χ3v) is 5.51. The van der Waals surface area contributed by atoms with E-state index in [2.05, 4.69) is 20.2 Å². The minimum absolute atomic E-state index is 0.0369. The van der Waals surface area contributed by atoms with Crippen LogP contribution in [0.5, 0.6) is 0 Å². The normalized spacial score (nSPS) is 11.8. The highest BCUT2D eigenvalue weighted by Crippen LogP contribution is 2.33. The van der Waals surface area contributed by atoms with Crippen molar-refractivity contribution in [3.8, 4) is 17.2 Å². The molecule has 0 aliphatic heterocycles. The highest BCUT2D eigenvalue weighted by Gasteiger charge is 2.35. The summed E-state index contributed by atoms with van der Waals surface area (Å²) in [5.74, 6) is -0.455. The molecule has 0 saturated carbocycles. The maximum absolute atomic E-state index is 13.5. The lowest BCUT2D eigenvalue weighted by Crippen LogP contribution is -2.27. The molecule has 0 saturated heterocycles. The van der Waals surface area contributed by atoms with Crippen molar-refractivity contribution in [3.05, 3.63) is 75.3 Å². The molecule has 9 nitrogen and oxygen atoms in total. The van der Waals surface area contributed by atoms with Crippen molar-refractivity contribution in [1.82, 2.24) is 34.1 Å². The fourth-order valence-electron chi connectivity index (χ4n) is 3.57. The Morgan fingerprint density at radius 3 is 2.26 bits per heavy atom. The first-order valence-corrected chi connectivity index (χ1v) is 11.7. The van der Waals surface area contributed by atoms with Gasteiger partial charge in [-0.15, -0.1) is 10.2 Å². The van der Waals surface area contributed by atoms with E-state index >= 15 is 0 Å². The van der Waals surface area contributed by atoms with Gasteiger partial charge in [0.15, 0.2) is 17.5 Å². The Bertz CT molecular complexity index is 1460. The highest BCUT2D eigenvalue weighted by atomic mass is 35.5. The zero-order valence-electron chi connectivity index (χ0n) is 20.5. The van der Waals surface area contributed by atoms with Gasteiger partial charge in [0.05, 0.1) is 6.42 Å². The van der Waals surface area contributed by atoms with Crippen LogP contribution in [0.2, 0.25) is 5.02 Å². The molecule has 0 amide bonds. The van der Waals surface area contributed by atoms with Crippen molar-refractivity contribution < 1.29 is 31.4 Å². The molecule has 3 aromatic heterocycles. The first-order chi connectivity index (χ1) is 18.4. The molecule has 0 radical (unpaired) electrons. The molecule has 16 heteroatoms. The van der Waals surface area contributed by atoms with E-state index in [9.17, 15) is 31.1 Å². The average Bonchev–Trinajstić information content (AvgIpc) is 3.44. The lowest BCUT2D eigenvalue weighted by Gasteiger charge is -2.12. The van der Waals surface area contributed by atoms with E-state index < -0.39 is 48.9 Å². The second kappa shape index (κ2) is 12.0. The molecule has 0 unspecified atom stereocenters. The number of hydrogen-bond acceptors (Lipinski definition) is 6. The van der Waals surface area contributed by atoms with Crippen LogP contribution in [0.15, 0.2) is 47.4 Å². The average molecular weight is 578 g/mol. The van der Waals surface area contributed by atoms with Crippen LogP contribution in [0.1, 0.15) is 30.6 Å². The fourth-order valence-corrected chi connectivity index (χ4v) is 3.70. The van der Waals surface area contributed by atoms with E-state index in [1.165, 1.54) is 30.5 Å². The molecule has 0 atom stereocenters. The van der Waals surface area contributed by atoms with E-state index in [0.717, 1.165) is 33.2 Å². The zero-order chi connectivity index (χ0) is 29.0. The predicted molar refractivity (Wildman–Crippen MR) is 128 cm³/mol. The fraction of sp³-hybridized carbons (Fsp3) is 0.348. The smallest absolute Gasteiger partial charge is 0.400 e. The van der Waals surface area contributed by atoms with Crippen molar-refractivity contribution in [1.29, 1.82) is 0 Å². The summed E-state index contributed by atoms with van der Waals surface area (Å²) in [6.45, 7) is 0.565. The lowest BCUT2D eigenvalue weighted by atomic mass is 10.2. The Kier molecular flexibility index (Phi) is 9.17. The second-order valence-electron chi connectivity index (χ2n) is 7.87. The number of nitrogens with zero attached hydrogens (tertiary/aromatic N) is 7. The summed E-state index contributed by atoms with van der Waals surface area (Å²) in [5.41, 5.74) is -1.55. The van der Waals surface area contributed by atoms with Gasteiger partial charge in [-0.05, 0) is 36.4 Å². The van der Waals surface area contributed by atoms with Crippen molar-refractivity contribution in [2.24, 2.45) is 0 Å². The van der Waals surface area contributed by atoms with Crippen LogP contribution in [0.25, 0.3) is 17.2 Å². The quantitative estimate of drug-likeness (QED) is 0.324. The maximum Gasteiger partial charge on any atom is 0.420 e. The SMILES string of the molecule is CCc1nc(Cn2nc(-c3ccc(Cl)cc3)n(CCC(F)(F)F)c2=O)nn1-c1ncccc1C(F)(F)F.CO. The molecular weight excluding hydrogens is 556 g/mol. The molecule has 0 aliphatic rings. The van der Waals surface area contributed by atoms with Gasteiger partial charge in [-0.25, -0.2) is 19.4 Å². The van der Waals surface area contributed by atoms with Gasteiger partial charge in [-0.2, -0.15) is 31.0 Å². The van der Waals surface area contributed by atoms with Gasteiger partial charge in [0.1, 0.15) is 17.9 Å². The molecule has 1 aromatic carbocycles. The van der Waals surface area contributed by atoms with Crippen LogP contribution < -0.4 is 5.69 Å². The standard InChI is InChI=1S/C22H18ClF6N7O.CH4O/c1-2-17-31-16(32-36(17)19-15(22(27,28)29)4-3-10-30-19)12-35-20(37)34(11-9-21(24,25)26)18(33-35)13-5-7-14(23)8-6-13;1-2/h3-8,10H,2,9,11-12H2,1H3;2H,1H3. The van der Waals surface area contributed by atoms with Gasteiger partial charge in [-0.3, -0.25) is 4.57 Å². The molecule has 0 fully saturated rings. The summed E-state index contributed by atoms with van der Waals surface area (Å²) in [6.07, 6.45) is -9.13. The molecule has 39 heavy (non-hydrogen) atoms. The lowest BCUT2D eigenvalue weighted by molar-refractivity contribution is -0.138. The van der Waals surface area contributed by atoms with Crippen LogP contribution in [0.3, 0.4) is 0 Å². The number of pyridine rings is 1. The molecule has 0 aliphatic carbocycles. The number of alkyl halides is 6. The zero-order valence-corrected chi connectivity index (χ0v) is 21.3. The van der Waals surface area contributed by atoms with E-state index in [4.69, 9.17) is 16.7 Å². The molecule has 4 rings (SSSR count). The van der Waals surface area contributed by atoms with Gasteiger partial charge in [-0.1, -0.05) is 18.5 Å². The van der Waals surface area contributed by atoms with Gasteiger partial charge >= 0.3 is 18.0 Å². The summed E-state index contributed by atoms with van der Waals surface area (Å²) in [7, 11) is 1.00. The number of aromatic nitrogens is 7. The largest absolute Gasteiger partial charge is 0.420 e. The van der Waals surface area contributed by atoms with Crippen molar-refractivity contribution in [2.45, 2.75) is 45.2 Å². The molecule has 0 spiro atoms. The van der Waals surface area contributed by atoms with Crippen molar-refractivity contribution in [3.63, 3.8) is 0 Å². The minimum atomic E-state index is -4.71. The number of aliphatic hydroxyl groups excluding tert-OH is 1. The monoisotopic (exact) mass is 577 g/mol. The molecular formula is C23H22ClF6N7O2. The van der Waals surface area contributed by atoms with E-state index in [0.29, 0.717) is 10.6 Å². The third kappa shape index (κ3) is 7.03. The number of aliphatic hydroxyl groups is 1. The van der Waals surface area contributed by atoms with Crippen molar-refractivity contribution in [2.75, 3.05) is 7.11 Å². The topological polar surface area (TPSA) is 104 Å². The summed E-state index contributed by atoms with van der Waals surface area (Å²) >= 11 is 5.89. The first-order valence-electron chi connectivity index (χ1n) is 11.3. The van der Waals surface area contributed by atoms with Gasteiger partial charge in [0.25, 0.3) is 0 Å². The number of hydrogen-bond donors (Lipinski definition) is 1. The Balaban J connectivity index is 0.00000205. The van der Waals surface area contributed by atoms with Gasteiger partial charge in [0.2, 0.25) is 0 Å². The van der Waals surface area contributed by atoms with Crippen LogP contribution in [0.4, 0.5) is 26.3 Å². The second-order valence-corrected chi connectivity index (χ2v) is 8.31.